The predicted octanol–water partition coefficient (Wildman–Crippen LogP) is 1.01. The van der Waals surface area contributed by atoms with Crippen LogP contribution in [0.5, 0.6) is 0 Å². The fourth-order valence-corrected chi connectivity index (χ4v) is 3.37. The monoisotopic (exact) mass is 240 g/mol. The van der Waals surface area contributed by atoms with Crippen molar-refractivity contribution in [3.05, 3.63) is 0 Å². The number of esters is 1. The molecule has 2 rings (SSSR count). The molecule has 4 nitrogen and oxygen atoms in total. The molecule has 0 aromatic heterocycles. The van der Waals surface area contributed by atoms with Gasteiger partial charge in [-0.3, -0.25) is 4.79 Å². The third-order valence-electron chi connectivity index (χ3n) is 4.18. The van der Waals surface area contributed by atoms with Crippen molar-refractivity contribution in [2.24, 2.45) is 5.92 Å². The zero-order valence-electron chi connectivity index (χ0n) is 11.0. The maximum atomic E-state index is 12.0. The summed E-state index contributed by atoms with van der Waals surface area (Å²) in [7, 11) is 3.66. The first kappa shape index (κ1) is 12.8. The van der Waals surface area contributed by atoms with E-state index in [0.29, 0.717) is 5.92 Å². The Morgan fingerprint density at radius 1 is 1.53 bits per heavy atom. The van der Waals surface area contributed by atoms with Crippen molar-refractivity contribution in [1.29, 1.82) is 0 Å². The molecule has 17 heavy (non-hydrogen) atoms. The average molecular weight is 240 g/mol. The molecule has 0 radical (unpaired) electrons. The zero-order valence-corrected chi connectivity index (χ0v) is 11.0. The van der Waals surface area contributed by atoms with Crippen LogP contribution in [0.25, 0.3) is 0 Å². The number of rotatable bonds is 3. The van der Waals surface area contributed by atoms with Crippen LogP contribution in [0, 0.1) is 5.92 Å². The van der Waals surface area contributed by atoms with Gasteiger partial charge in [-0.15, -0.1) is 0 Å². The number of methoxy groups -OCH3 is 1. The molecule has 2 aliphatic rings. The Hall–Kier alpha value is -0.610. The Bertz CT molecular complexity index is 275. The van der Waals surface area contributed by atoms with Gasteiger partial charge in [-0.1, -0.05) is 0 Å². The van der Waals surface area contributed by atoms with E-state index in [1.165, 1.54) is 26.5 Å². The maximum Gasteiger partial charge on any atom is 0.326 e. The third-order valence-corrected chi connectivity index (χ3v) is 4.18. The van der Waals surface area contributed by atoms with Crippen LogP contribution in [-0.4, -0.2) is 50.2 Å². The van der Waals surface area contributed by atoms with E-state index < -0.39 is 5.54 Å². The molecule has 2 unspecified atom stereocenters. The first-order chi connectivity index (χ1) is 8.16. The number of carbonyl (C=O) groups is 1. The SMILES string of the molecule is COC(=O)C1(CC2CCCN(C)C2)CCCN1. The minimum Gasteiger partial charge on any atom is -0.468 e. The number of hydrogen-bond acceptors (Lipinski definition) is 4. The van der Waals surface area contributed by atoms with E-state index in [9.17, 15) is 4.79 Å². The van der Waals surface area contributed by atoms with Crippen LogP contribution in [0.1, 0.15) is 32.1 Å². The van der Waals surface area contributed by atoms with Crippen molar-refractivity contribution >= 4 is 5.97 Å². The van der Waals surface area contributed by atoms with Gasteiger partial charge in [0.2, 0.25) is 0 Å². The number of ether oxygens (including phenoxy) is 1. The Kier molecular flexibility index (Phi) is 4.05. The zero-order chi connectivity index (χ0) is 12.3. The standard InChI is InChI=1S/C13H24N2O2/c1-15-8-3-5-11(10-15)9-13(12(16)17-2)6-4-7-14-13/h11,14H,3-10H2,1-2H3. The normalized spacial score (nSPS) is 34.8. The number of likely N-dealkylation sites (tertiary alicyclic amines) is 1. The summed E-state index contributed by atoms with van der Waals surface area (Å²) in [5, 5.41) is 3.39. The van der Waals surface area contributed by atoms with Crippen molar-refractivity contribution in [3.8, 4) is 0 Å². The Balaban J connectivity index is 2.00. The lowest BCUT2D eigenvalue weighted by Gasteiger charge is -2.35. The summed E-state index contributed by atoms with van der Waals surface area (Å²) in [6.07, 6.45) is 5.44. The van der Waals surface area contributed by atoms with E-state index in [1.54, 1.807) is 0 Å². The highest BCUT2D eigenvalue weighted by Gasteiger charge is 2.43. The van der Waals surface area contributed by atoms with Crippen LogP contribution in [0.2, 0.25) is 0 Å². The van der Waals surface area contributed by atoms with Gasteiger partial charge in [-0.25, -0.2) is 0 Å². The first-order valence-electron chi connectivity index (χ1n) is 6.68. The molecule has 2 fully saturated rings. The third kappa shape index (κ3) is 2.80. The van der Waals surface area contributed by atoms with Gasteiger partial charge < -0.3 is 15.0 Å². The molecule has 0 spiro atoms. The van der Waals surface area contributed by atoms with Crippen LogP contribution >= 0.6 is 0 Å². The molecular weight excluding hydrogens is 216 g/mol. The van der Waals surface area contributed by atoms with E-state index in [0.717, 1.165) is 32.4 Å². The van der Waals surface area contributed by atoms with E-state index in [-0.39, 0.29) is 5.97 Å². The summed E-state index contributed by atoms with van der Waals surface area (Å²) >= 11 is 0. The molecular formula is C13H24N2O2. The number of carbonyl (C=O) groups excluding carboxylic acids is 1. The van der Waals surface area contributed by atoms with Crippen molar-refractivity contribution in [1.82, 2.24) is 10.2 Å². The van der Waals surface area contributed by atoms with Crippen molar-refractivity contribution < 1.29 is 9.53 Å². The Morgan fingerprint density at radius 3 is 2.94 bits per heavy atom. The van der Waals surface area contributed by atoms with Crippen LogP contribution in [-0.2, 0) is 9.53 Å². The number of nitrogens with one attached hydrogen (secondary N) is 1. The van der Waals surface area contributed by atoms with Crippen molar-refractivity contribution in [2.75, 3.05) is 33.8 Å². The summed E-state index contributed by atoms with van der Waals surface area (Å²) < 4.78 is 4.99. The van der Waals surface area contributed by atoms with Gasteiger partial charge >= 0.3 is 5.97 Å². The van der Waals surface area contributed by atoms with E-state index in [2.05, 4.69) is 17.3 Å². The molecule has 1 N–H and O–H groups in total. The number of hydrogen-bond donors (Lipinski definition) is 1. The molecule has 98 valence electrons. The molecule has 0 saturated carbocycles. The van der Waals surface area contributed by atoms with E-state index in [4.69, 9.17) is 4.74 Å². The van der Waals surface area contributed by atoms with Gasteiger partial charge in [0.25, 0.3) is 0 Å². The Labute approximate surface area is 104 Å². The lowest BCUT2D eigenvalue weighted by Crippen LogP contribution is -2.51. The lowest BCUT2D eigenvalue weighted by molar-refractivity contribution is -0.149. The predicted molar refractivity (Wildman–Crippen MR) is 66.8 cm³/mol. The van der Waals surface area contributed by atoms with E-state index in [1.807, 2.05) is 0 Å². The van der Waals surface area contributed by atoms with Gasteiger partial charge in [0.15, 0.2) is 0 Å². The first-order valence-corrected chi connectivity index (χ1v) is 6.68. The van der Waals surface area contributed by atoms with Gasteiger partial charge in [-0.05, 0) is 58.2 Å². The molecule has 0 aromatic rings. The number of piperidine rings is 1. The summed E-state index contributed by atoms with van der Waals surface area (Å²) in [6, 6.07) is 0. The fourth-order valence-electron chi connectivity index (χ4n) is 3.37. The molecule has 4 heteroatoms. The smallest absolute Gasteiger partial charge is 0.326 e. The minimum absolute atomic E-state index is 0.0665. The van der Waals surface area contributed by atoms with Crippen molar-refractivity contribution in [2.45, 2.75) is 37.6 Å². The summed E-state index contributed by atoms with van der Waals surface area (Å²) in [6.45, 7) is 3.24. The highest BCUT2D eigenvalue weighted by atomic mass is 16.5. The highest BCUT2D eigenvalue weighted by Crippen LogP contribution is 2.31. The van der Waals surface area contributed by atoms with Crippen LogP contribution in [0.4, 0.5) is 0 Å². The van der Waals surface area contributed by atoms with Gasteiger partial charge in [0.05, 0.1) is 7.11 Å². The second-order valence-electron chi connectivity index (χ2n) is 5.58. The van der Waals surface area contributed by atoms with Gasteiger partial charge in [0.1, 0.15) is 5.54 Å². The molecule has 0 amide bonds. The van der Waals surface area contributed by atoms with Crippen LogP contribution < -0.4 is 5.32 Å². The molecule has 2 saturated heterocycles. The summed E-state index contributed by atoms with van der Waals surface area (Å²) in [5.74, 6) is 0.557. The quantitative estimate of drug-likeness (QED) is 0.748. The molecule has 2 heterocycles. The molecule has 0 bridgehead atoms. The molecule has 0 aliphatic carbocycles. The van der Waals surface area contributed by atoms with Crippen LogP contribution in [0.3, 0.4) is 0 Å². The van der Waals surface area contributed by atoms with Crippen LogP contribution in [0.15, 0.2) is 0 Å². The van der Waals surface area contributed by atoms with Gasteiger partial charge in [-0.2, -0.15) is 0 Å². The highest BCUT2D eigenvalue weighted by molar-refractivity contribution is 5.81. The number of nitrogens with zero attached hydrogens (tertiary/aromatic N) is 1. The second-order valence-corrected chi connectivity index (χ2v) is 5.58. The molecule has 0 aromatic carbocycles. The van der Waals surface area contributed by atoms with Gasteiger partial charge in [0, 0.05) is 6.54 Å². The largest absolute Gasteiger partial charge is 0.468 e. The summed E-state index contributed by atoms with van der Waals surface area (Å²) in [5.41, 5.74) is -0.391. The summed E-state index contributed by atoms with van der Waals surface area (Å²) in [4.78, 5) is 14.4. The average Bonchev–Trinajstić information content (AvgIpc) is 2.78. The topological polar surface area (TPSA) is 41.6 Å². The lowest BCUT2D eigenvalue weighted by atomic mass is 9.82. The fraction of sp³-hybridized carbons (Fsp3) is 0.923. The minimum atomic E-state index is -0.391. The second kappa shape index (κ2) is 5.36. The molecule has 2 aliphatic heterocycles. The van der Waals surface area contributed by atoms with E-state index >= 15 is 0 Å². The van der Waals surface area contributed by atoms with Crippen molar-refractivity contribution in [3.63, 3.8) is 0 Å². The maximum absolute atomic E-state index is 12.0. The Morgan fingerprint density at radius 2 is 2.35 bits per heavy atom. The molecule has 2 atom stereocenters.